The summed E-state index contributed by atoms with van der Waals surface area (Å²) in [6.45, 7) is 10.3. The van der Waals surface area contributed by atoms with E-state index in [1.807, 2.05) is 20.8 Å². The molecule has 2 saturated heterocycles. The van der Waals surface area contributed by atoms with Gasteiger partial charge in [0.1, 0.15) is 5.60 Å². The van der Waals surface area contributed by atoms with Crippen molar-refractivity contribution in [2.75, 3.05) is 46.3 Å². The molecule has 2 N–H and O–H groups in total. The van der Waals surface area contributed by atoms with Crippen LogP contribution in [0.25, 0.3) is 0 Å². The molecule has 0 spiro atoms. The number of carbonyl (C=O) groups excluding carboxylic acids is 2. The lowest BCUT2D eigenvalue weighted by atomic mass is 9.94. The fraction of sp³-hybridized carbons (Fsp3) is 0.882. The number of ether oxygens (including phenoxy) is 1. The Balaban J connectivity index is 1.82. The molecule has 2 aliphatic rings. The molecule has 7 heteroatoms. The zero-order valence-electron chi connectivity index (χ0n) is 15.5. The van der Waals surface area contributed by atoms with E-state index in [0.717, 1.165) is 26.2 Å². The van der Waals surface area contributed by atoms with E-state index in [2.05, 4.69) is 16.8 Å². The second kappa shape index (κ2) is 7.80. The number of likely N-dealkylation sites (N-methyl/N-ethyl adjacent to an activating group) is 1. The van der Waals surface area contributed by atoms with Crippen molar-refractivity contribution in [3.8, 4) is 0 Å². The van der Waals surface area contributed by atoms with Crippen LogP contribution in [0.5, 0.6) is 0 Å². The molecule has 0 aliphatic carbocycles. The lowest BCUT2D eigenvalue weighted by Gasteiger charge is -2.39. The first-order valence-electron chi connectivity index (χ1n) is 8.84. The molecule has 2 rings (SSSR count). The summed E-state index contributed by atoms with van der Waals surface area (Å²) in [6.07, 6.45) is 0.691. The molecule has 2 heterocycles. The number of piperidine rings is 1. The smallest absolute Gasteiger partial charge is 0.309 e. The van der Waals surface area contributed by atoms with Gasteiger partial charge in [-0.25, -0.2) is 0 Å². The van der Waals surface area contributed by atoms with Gasteiger partial charge in [-0.3, -0.25) is 14.5 Å². The Morgan fingerprint density at radius 1 is 1.12 bits per heavy atom. The highest BCUT2D eigenvalue weighted by atomic mass is 16.6. The minimum Gasteiger partial charge on any atom is -0.460 e. The van der Waals surface area contributed by atoms with Crippen LogP contribution in [0.2, 0.25) is 0 Å². The Bertz CT molecular complexity index is 455. The van der Waals surface area contributed by atoms with E-state index in [1.165, 1.54) is 0 Å². The maximum Gasteiger partial charge on any atom is 0.309 e. The quantitative estimate of drug-likeness (QED) is 0.734. The number of hydrogen-bond acceptors (Lipinski definition) is 6. The predicted molar refractivity (Wildman–Crippen MR) is 92.2 cm³/mol. The molecule has 2 aliphatic heterocycles. The van der Waals surface area contributed by atoms with Gasteiger partial charge in [-0.2, -0.15) is 0 Å². The number of rotatable bonds is 3. The van der Waals surface area contributed by atoms with E-state index in [9.17, 15) is 9.59 Å². The Morgan fingerprint density at radius 2 is 1.75 bits per heavy atom. The van der Waals surface area contributed by atoms with Gasteiger partial charge in [0.2, 0.25) is 5.91 Å². The van der Waals surface area contributed by atoms with E-state index < -0.39 is 11.8 Å². The van der Waals surface area contributed by atoms with Gasteiger partial charge in [0, 0.05) is 32.7 Å². The van der Waals surface area contributed by atoms with Gasteiger partial charge in [0.25, 0.3) is 0 Å². The van der Waals surface area contributed by atoms with Crippen molar-refractivity contribution in [3.63, 3.8) is 0 Å². The zero-order valence-corrected chi connectivity index (χ0v) is 15.5. The first kappa shape index (κ1) is 19.1. The van der Waals surface area contributed by atoms with Crippen molar-refractivity contribution >= 4 is 11.9 Å². The number of likely N-dealkylation sites (tertiary alicyclic amines) is 1. The van der Waals surface area contributed by atoms with E-state index in [0.29, 0.717) is 25.9 Å². The molecule has 0 aromatic carbocycles. The Kier molecular flexibility index (Phi) is 6.22. The van der Waals surface area contributed by atoms with Gasteiger partial charge >= 0.3 is 5.97 Å². The molecule has 2 unspecified atom stereocenters. The summed E-state index contributed by atoms with van der Waals surface area (Å²) in [6, 6.07) is 0. The molecule has 0 radical (unpaired) electrons. The number of carbonyl (C=O) groups is 2. The number of piperazine rings is 1. The van der Waals surface area contributed by atoms with Crippen LogP contribution in [-0.2, 0) is 14.3 Å². The van der Waals surface area contributed by atoms with Crippen LogP contribution in [0.3, 0.4) is 0 Å². The summed E-state index contributed by atoms with van der Waals surface area (Å²) in [5, 5.41) is 0. The minimum absolute atomic E-state index is 0.0645. The SMILES string of the molecule is CN1CCN(CC(=O)N2CCC(C(=O)OC(C)(C)C)CC2N)CC1. The number of hydrogen-bond donors (Lipinski definition) is 1. The highest BCUT2D eigenvalue weighted by molar-refractivity contribution is 5.79. The maximum absolute atomic E-state index is 12.5. The molecule has 0 aromatic heterocycles. The number of esters is 1. The Labute approximate surface area is 145 Å². The largest absolute Gasteiger partial charge is 0.460 e. The number of amides is 1. The fourth-order valence-electron chi connectivity index (χ4n) is 3.19. The molecule has 2 atom stereocenters. The zero-order chi connectivity index (χ0) is 17.9. The average Bonchev–Trinajstić information content (AvgIpc) is 2.47. The summed E-state index contributed by atoms with van der Waals surface area (Å²) >= 11 is 0. The molecule has 1 amide bonds. The second-order valence-corrected chi connectivity index (χ2v) is 7.99. The Morgan fingerprint density at radius 3 is 2.29 bits per heavy atom. The molecular formula is C17H32N4O3. The molecule has 138 valence electrons. The third kappa shape index (κ3) is 5.43. The summed E-state index contributed by atoms with van der Waals surface area (Å²) < 4.78 is 5.44. The van der Waals surface area contributed by atoms with Crippen LogP contribution in [0.4, 0.5) is 0 Å². The van der Waals surface area contributed by atoms with Crippen molar-refractivity contribution in [1.29, 1.82) is 0 Å². The lowest BCUT2D eigenvalue weighted by Crippen LogP contribution is -2.56. The maximum atomic E-state index is 12.5. The van der Waals surface area contributed by atoms with Crippen molar-refractivity contribution in [3.05, 3.63) is 0 Å². The van der Waals surface area contributed by atoms with Crippen molar-refractivity contribution in [2.24, 2.45) is 11.7 Å². The third-order valence-electron chi connectivity index (χ3n) is 4.66. The molecular weight excluding hydrogens is 308 g/mol. The highest BCUT2D eigenvalue weighted by Crippen LogP contribution is 2.24. The first-order chi connectivity index (χ1) is 11.2. The highest BCUT2D eigenvalue weighted by Gasteiger charge is 2.35. The van der Waals surface area contributed by atoms with E-state index in [4.69, 9.17) is 10.5 Å². The Hall–Kier alpha value is -1.18. The van der Waals surface area contributed by atoms with Crippen LogP contribution in [0, 0.1) is 5.92 Å². The van der Waals surface area contributed by atoms with Crippen LogP contribution in [0.15, 0.2) is 0 Å². The van der Waals surface area contributed by atoms with Gasteiger partial charge in [-0.05, 0) is 40.7 Å². The molecule has 0 saturated carbocycles. The van der Waals surface area contributed by atoms with Crippen molar-refractivity contribution < 1.29 is 14.3 Å². The van der Waals surface area contributed by atoms with Crippen LogP contribution in [-0.4, -0.2) is 84.7 Å². The second-order valence-electron chi connectivity index (χ2n) is 7.99. The number of nitrogens with two attached hydrogens (primary N) is 1. The number of nitrogens with zero attached hydrogens (tertiary/aromatic N) is 3. The topological polar surface area (TPSA) is 79.1 Å². The average molecular weight is 340 g/mol. The van der Waals surface area contributed by atoms with E-state index in [1.54, 1.807) is 4.90 Å². The normalized spacial score (nSPS) is 27.1. The van der Waals surface area contributed by atoms with Crippen LogP contribution in [0.1, 0.15) is 33.6 Å². The van der Waals surface area contributed by atoms with Crippen molar-refractivity contribution in [1.82, 2.24) is 14.7 Å². The summed E-state index contributed by atoms with van der Waals surface area (Å²) in [5.74, 6) is -0.356. The van der Waals surface area contributed by atoms with Crippen LogP contribution < -0.4 is 5.73 Å². The standard InChI is InChI=1S/C17H32N4O3/c1-17(2,3)24-16(23)13-5-6-21(14(18)11-13)15(22)12-20-9-7-19(4)8-10-20/h13-14H,5-12,18H2,1-4H3. The summed E-state index contributed by atoms with van der Waals surface area (Å²) in [4.78, 5) is 30.9. The molecule has 2 fully saturated rings. The van der Waals surface area contributed by atoms with Gasteiger partial charge in [0.15, 0.2) is 0 Å². The molecule has 0 aromatic rings. The van der Waals surface area contributed by atoms with Gasteiger partial charge in [0.05, 0.1) is 18.6 Å². The van der Waals surface area contributed by atoms with E-state index >= 15 is 0 Å². The van der Waals surface area contributed by atoms with Gasteiger partial charge < -0.3 is 20.3 Å². The molecule has 0 bridgehead atoms. The lowest BCUT2D eigenvalue weighted by molar-refractivity contribution is -0.163. The van der Waals surface area contributed by atoms with Crippen LogP contribution >= 0.6 is 0 Å². The molecule has 24 heavy (non-hydrogen) atoms. The van der Waals surface area contributed by atoms with Gasteiger partial charge in [-0.15, -0.1) is 0 Å². The minimum atomic E-state index is -0.491. The first-order valence-corrected chi connectivity index (χ1v) is 8.84. The predicted octanol–water partition coefficient (Wildman–Crippen LogP) is 0.0989. The van der Waals surface area contributed by atoms with Crippen molar-refractivity contribution in [2.45, 2.75) is 45.4 Å². The van der Waals surface area contributed by atoms with E-state index in [-0.39, 0.29) is 17.8 Å². The summed E-state index contributed by atoms with van der Waals surface area (Å²) in [5.41, 5.74) is 5.68. The third-order valence-corrected chi connectivity index (χ3v) is 4.66. The van der Waals surface area contributed by atoms with Gasteiger partial charge in [-0.1, -0.05) is 0 Å². The molecule has 7 nitrogen and oxygen atoms in total. The fourth-order valence-corrected chi connectivity index (χ4v) is 3.19. The monoisotopic (exact) mass is 340 g/mol. The summed E-state index contributed by atoms with van der Waals surface area (Å²) in [7, 11) is 2.09.